The van der Waals surface area contributed by atoms with Crippen molar-refractivity contribution in [2.45, 2.75) is 19.0 Å². The van der Waals surface area contributed by atoms with Crippen LogP contribution in [0, 0.1) is 0 Å². The maximum atomic E-state index is 13.2. The van der Waals surface area contributed by atoms with Crippen molar-refractivity contribution in [3.05, 3.63) is 84.2 Å². The number of amides is 1. The number of nitrogens with zero attached hydrogens (tertiary/aromatic N) is 1. The molecular weight excluding hydrogens is 454 g/mol. The van der Waals surface area contributed by atoms with E-state index in [2.05, 4.69) is 15.6 Å². The summed E-state index contributed by atoms with van der Waals surface area (Å²) in [7, 11) is -2.12. The van der Waals surface area contributed by atoms with Gasteiger partial charge < -0.3 is 15.4 Å². The molecule has 0 aliphatic rings. The molecule has 1 heterocycles. The van der Waals surface area contributed by atoms with Gasteiger partial charge in [0.2, 0.25) is 0 Å². The van der Waals surface area contributed by atoms with Crippen LogP contribution in [0.15, 0.2) is 73.1 Å². The first kappa shape index (κ1) is 24.9. The highest BCUT2D eigenvalue weighted by atomic mass is 32.2. The maximum Gasteiger partial charge on any atom is 0.328 e. The van der Waals surface area contributed by atoms with Crippen LogP contribution in [-0.2, 0) is 25.9 Å². The second-order valence-electron chi connectivity index (χ2n) is 7.81. The van der Waals surface area contributed by atoms with Gasteiger partial charge in [0.1, 0.15) is 15.9 Å². The minimum Gasteiger partial charge on any atom is -0.467 e. The van der Waals surface area contributed by atoms with Gasteiger partial charge in [-0.3, -0.25) is 9.78 Å². The predicted molar refractivity (Wildman–Crippen MR) is 131 cm³/mol. The number of methoxy groups -OCH3 is 1. The first-order valence-electron chi connectivity index (χ1n) is 10.7. The van der Waals surface area contributed by atoms with Crippen LogP contribution in [0.4, 0.5) is 5.69 Å². The second kappa shape index (κ2) is 11.4. The summed E-state index contributed by atoms with van der Waals surface area (Å²) < 4.78 is 27.9. The van der Waals surface area contributed by atoms with Crippen LogP contribution in [0.5, 0.6) is 0 Å². The monoisotopic (exact) mass is 481 g/mol. The number of carbonyl (C=O) groups is 2. The summed E-state index contributed by atoms with van der Waals surface area (Å²) in [6.45, 7) is 0.520. The smallest absolute Gasteiger partial charge is 0.328 e. The van der Waals surface area contributed by atoms with Crippen LogP contribution >= 0.6 is 0 Å². The van der Waals surface area contributed by atoms with Gasteiger partial charge in [0.15, 0.2) is 0 Å². The Morgan fingerprint density at radius 3 is 2.47 bits per heavy atom. The Balaban J connectivity index is 1.87. The molecule has 8 nitrogen and oxygen atoms in total. The molecule has 0 aliphatic heterocycles. The summed E-state index contributed by atoms with van der Waals surface area (Å²) in [4.78, 5) is 29.5. The molecule has 178 valence electrons. The van der Waals surface area contributed by atoms with Gasteiger partial charge in [-0.05, 0) is 47.4 Å². The lowest BCUT2D eigenvalue weighted by molar-refractivity contribution is -0.142. The van der Waals surface area contributed by atoms with Crippen LogP contribution in [-0.4, -0.2) is 50.4 Å². The highest BCUT2D eigenvalue weighted by Crippen LogP contribution is 2.26. The van der Waals surface area contributed by atoms with Gasteiger partial charge in [-0.25, -0.2) is 13.2 Å². The lowest BCUT2D eigenvalue weighted by atomic mass is 9.96. The quantitative estimate of drug-likeness (QED) is 0.428. The summed E-state index contributed by atoms with van der Waals surface area (Å²) in [5.41, 5.74) is 3.71. The number of ether oxygens (including phenoxy) is 1. The fourth-order valence-electron chi connectivity index (χ4n) is 3.39. The van der Waals surface area contributed by atoms with Crippen molar-refractivity contribution in [2.75, 3.05) is 24.4 Å². The number of esters is 1. The zero-order valence-corrected chi connectivity index (χ0v) is 19.8. The molecule has 0 bridgehead atoms. The van der Waals surface area contributed by atoms with E-state index in [1.165, 1.54) is 7.11 Å². The number of carbonyl (C=O) groups excluding carboxylic acids is 2. The summed E-state index contributed by atoms with van der Waals surface area (Å²) in [5, 5.41) is 5.94. The molecule has 0 saturated heterocycles. The molecule has 3 rings (SSSR count). The maximum absolute atomic E-state index is 13.2. The van der Waals surface area contributed by atoms with E-state index >= 15 is 0 Å². The number of nitrogens with one attached hydrogen (secondary N) is 2. The average Bonchev–Trinajstić information content (AvgIpc) is 2.85. The molecule has 0 unspecified atom stereocenters. The third-order valence-electron chi connectivity index (χ3n) is 5.14. The Morgan fingerprint density at radius 2 is 1.82 bits per heavy atom. The number of anilines is 1. The molecule has 1 atom stereocenters. The van der Waals surface area contributed by atoms with E-state index in [9.17, 15) is 18.0 Å². The van der Waals surface area contributed by atoms with Crippen molar-refractivity contribution in [1.82, 2.24) is 10.3 Å². The minimum atomic E-state index is -3.32. The van der Waals surface area contributed by atoms with E-state index in [4.69, 9.17) is 4.74 Å². The van der Waals surface area contributed by atoms with Crippen molar-refractivity contribution in [2.24, 2.45) is 0 Å². The van der Waals surface area contributed by atoms with Crippen molar-refractivity contribution < 1.29 is 22.7 Å². The molecular formula is C25H27N3O5S. The molecule has 0 aliphatic carbocycles. The summed E-state index contributed by atoms with van der Waals surface area (Å²) in [5.74, 6) is -1.44. The zero-order chi connectivity index (χ0) is 24.6. The van der Waals surface area contributed by atoms with Crippen LogP contribution in [0.25, 0.3) is 11.1 Å². The van der Waals surface area contributed by atoms with Gasteiger partial charge in [-0.1, -0.05) is 36.4 Å². The Morgan fingerprint density at radius 1 is 1.06 bits per heavy atom. The summed E-state index contributed by atoms with van der Waals surface area (Å²) >= 11 is 0. The van der Waals surface area contributed by atoms with Crippen LogP contribution in [0.3, 0.4) is 0 Å². The van der Waals surface area contributed by atoms with Crippen molar-refractivity contribution in [3.8, 4) is 11.1 Å². The lowest BCUT2D eigenvalue weighted by Gasteiger charge is -2.18. The van der Waals surface area contributed by atoms with Crippen LogP contribution in [0.2, 0.25) is 0 Å². The molecule has 3 aromatic rings. The third kappa shape index (κ3) is 7.14. The number of aromatic nitrogens is 1. The summed E-state index contributed by atoms with van der Waals surface area (Å²) in [6.07, 6.45) is 4.42. The second-order valence-corrected chi connectivity index (χ2v) is 10.1. The van der Waals surface area contributed by atoms with Crippen molar-refractivity contribution >= 4 is 27.4 Å². The molecule has 0 saturated carbocycles. The van der Waals surface area contributed by atoms with E-state index in [1.54, 1.807) is 18.5 Å². The zero-order valence-electron chi connectivity index (χ0n) is 19.0. The number of benzene rings is 2. The molecule has 1 aromatic heterocycles. The molecule has 2 aromatic carbocycles. The highest BCUT2D eigenvalue weighted by molar-refractivity contribution is 7.90. The standard InChI is InChI=1S/C25H27N3O5S/c1-33-25(30)23(12-14-34(2,31)32)28-24(29)21-11-10-18(16-27-20-9-6-13-26-17-20)15-22(21)19-7-4-3-5-8-19/h3-11,13,15,17,23,27H,12,14,16H2,1-2H3,(H,28,29)/t23-/m0/s1. The summed E-state index contributed by atoms with van der Waals surface area (Å²) in [6, 6.07) is 17.5. The third-order valence-corrected chi connectivity index (χ3v) is 6.12. The van der Waals surface area contributed by atoms with Gasteiger partial charge >= 0.3 is 5.97 Å². The number of hydrogen-bond donors (Lipinski definition) is 2. The average molecular weight is 482 g/mol. The van der Waals surface area contributed by atoms with E-state index in [0.29, 0.717) is 17.7 Å². The Labute approximate surface area is 199 Å². The number of pyridine rings is 1. The molecule has 0 radical (unpaired) electrons. The topological polar surface area (TPSA) is 114 Å². The minimum absolute atomic E-state index is 0.0783. The van der Waals surface area contributed by atoms with Crippen molar-refractivity contribution in [1.29, 1.82) is 0 Å². The van der Waals surface area contributed by atoms with Gasteiger partial charge in [0, 0.05) is 30.8 Å². The predicted octanol–water partition coefficient (Wildman–Crippen LogP) is 3.07. The fourth-order valence-corrected chi connectivity index (χ4v) is 4.05. The first-order chi connectivity index (χ1) is 16.3. The molecule has 9 heteroatoms. The normalized spacial score (nSPS) is 11.9. The van der Waals surface area contributed by atoms with Gasteiger partial charge in [-0.15, -0.1) is 0 Å². The van der Waals surface area contributed by atoms with E-state index < -0.39 is 27.8 Å². The van der Waals surface area contributed by atoms with Crippen molar-refractivity contribution in [3.63, 3.8) is 0 Å². The number of hydrogen-bond acceptors (Lipinski definition) is 7. The lowest BCUT2D eigenvalue weighted by Crippen LogP contribution is -2.42. The van der Waals surface area contributed by atoms with E-state index in [-0.39, 0.29) is 12.2 Å². The van der Waals surface area contributed by atoms with Gasteiger partial charge in [0.25, 0.3) is 5.91 Å². The molecule has 0 spiro atoms. The Hall–Kier alpha value is -3.72. The van der Waals surface area contributed by atoms with Gasteiger partial charge in [-0.2, -0.15) is 0 Å². The Kier molecular flexibility index (Phi) is 8.37. The van der Waals surface area contributed by atoms with E-state index in [1.807, 2.05) is 54.6 Å². The number of sulfone groups is 1. The molecule has 0 fully saturated rings. The molecule has 1 amide bonds. The van der Waals surface area contributed by atoms with E-state index in [0.717, 1.165) is 23.1 Å². The van der Waals surface area contributed by atoms with Gasteiger partial charge in [0.05, 0.1) is 18.6 Å². The fraction of sp³-hybridized carbons (Fsp3) is 0.240. The molecule has 2 N–H and O–H groups in total. The largest absolute Gasteiger partial charge is 0.467 e. The number of rotatable bonds is 10. The first-order valence-corrected chi connectivity index (χ1v) is 12.7. The van der Waals surface area contributed by atoms with Crippen LogP contribution < -0.4 is 10.6 Å². The van der Waals surface area contributed by atoms with Crippen LogP contribution in [0.1, 0.15) is 22.3 Å². The Bertz CT molecular complexity index is 1230. The SMILES string of the molecule is COC(=O)[C@H](CCS(C)(=O)=O)NC(=O)c1ccc(CNc2cccnc2)cc1-c1ccccc1. The highest BCUT2D eigenvalue weighted by Gasteiger charge is 2.25. The molecule has 34 heavy (non-hydrogen) atoms.